The zero-order valence-corrected chi connectivity index (χ0v) is 14.1. The molecule has 7 atom stereocenters. The Balaban J connectivity index is 3.10. The molecule has 1 heterocycles. The first-order chi connectivity index (χ1) is 11.9. The van der Waals surface area contributed by atoms with Gasteiger partial charge in [0.15, 0.2) is 0 Å². The van der Waals surface area contributed by atoms with Crippen LogP contribution in [0.1, 0.15) is 20.3 Å². The van der Waals surface area contributed by atoms with E-state index in [9.17, 15) is 34.8 Å². The molecule has 1 aliphatic rings. The van der Waals surface area contributed by atoms with Crippen molar-refractivity contribution >= 4 is 17.8 Å². The maximum absolute atomic E-state index is 12.0. The van der Waals surface area contributed by atoms with Gasteiger partial charge in [-0.15, -0.1) is 0 Å². The Morgan fingerprint density at radius 1 is 1.31 bits per heavy atom. The Hall–Kier alpha value is -1.67. The molecule has 1 saturated heterocycles. The molecule has 1 aliphatic heterocycles. The van der Waals surface area contributed by atoms with Crippen molar-refractivity contribution in [3.05, 3.63) is 0 Å². The minimum atomic E-state index is -2.92. The van der Waals surface area contributed by atoms with E-state index in [1.54, 1.807) is 0 Å². The van der Waals surface area contributed by atoms with E-state index < -0.39 is 73.2 Å². The molecular formula is C14H23NO11. The van der Waals surface area contributed by atoms with Crippen LogP contribution >= 0.6 is 0 Å². The van der Waals surface area contributed by atoms with Gasteiger partial charge in [0.05, 0.1) is 18.8 Å². The zero-order valence-electron chi connectivity index (χ0n) is 14.1. The predicted molar refractivity (Wildman–Crippen MR) is 79.9 cm³/mol. The maximum Gasteiger partial charge on any atom is 0.374 e. The van der Waals surface area contributed by atoms with Gasteiger partial charge in [-0.05, 0) is 6.92 Å². The maximum atomic E-state index is 12.0. The Bertz CT molecular complexity index is 539. The van der Waals surface area contributed by atoms with Gasteiger partial charge in [-0.1, -0.05) is 0 Å². The fourth-order valence-electron chi connectivity index (χ4n) is 2.39. The third kappa shape index (κ3) is 5.17. The molecule has 1 amide bonds. The van der Waals surface area contributed by atoms with Crippen molar-refractivity contribution in [1.82, 2.24) is 5.32 Å². The van der Waals surface area contributed by atoms with E-state index in [0.717, 1.165) is 13.8 Å². The van der Waals surface area contributed by atoms with Gasteiger partial charge in [0, 0.05) is 13.3 Å². The monoisotopic (exact) mass is 381 g/mol. The van der Waals surface area contributed by atoms with E-state index in [1.807, 2.05) is 0 Å². The van der Waals surface area contributed by atoms with Crippen LogP contribution in [0, 0.1) is 0 Å². The van der Waals surface area contributed by atoms with Gasteiger partial charge in [-0.3, -0.25) is 4.79 Å². The lowest BCUT2D eigenvalue weighted by atomic mass is 9.88. The van der Waals surface area contributed by atoms with Crippen LogP contribution in [0.4, 0.5) is 0 Å². The summed E-state index contributed by atoms with van der Waals surface area (Å²) in [6.45, 7) is 1.18. The number of hydrogen-bond donors (Lipinski definition) is 7. The molecule has 150 valence electrons. The number of aliphatic hydroxyl groups is 6. The first kappa shape index (κ1) is 22.4. The van der Waals surface area contributed by atoms with Crippen molar-refractivity contribution in [3.63, 3.8) is 0 Å². The van der Waals surface area contributed by atoms with Crippen molar-refractivity contribution in [1.29, 1.82) is 0 Å². The van der Waals surface area contributed by atoms with Gasteiger partial charge in [-0.25, -0.2) is 9.59 Å². The molecule has 12 nitrogen and oxygen atoms in total. The molecule has 0 aromatic carbocycles. The second-order valence-corrected chi connectivity index (χ2v) is 5.99. The number of nitrogens with one attached hydrogen (secondary N) is 1. The Kier molecular flexibility index (Phi) is 7.58. The highest BCUT2D eigenvalue weighted by molar-refractivity contribution is 5.91. The lowest BCUT2D eigenvalue weighted by Crippen LogP contribution is -2.67. The highest BCUT2D eigenvalue weighted by Crippen LogP contribution is 2.31. The van der Waals surface area contributed by atoms with Gasteiger partial charge < -0.3 is 45.4 Å². The molecule has 1 fully saturated rings. The van der Waals surface area contributed by atoms with Gasteiger partial charge in [-0.2, -0.15) is 0 Å². The molecule has 2 unspecified atom stereocenters. The number of carbonyl (C=O) groups excluding carboxylic acids is 3. The molecule has 0 aromatic heterocycles. The minimum Gasteiger partial charge on any atom is -0.394 e. The first-order valence-electron chi connectivity index (χ1n) is 7.69. The second kappa shape index (κ2) is 8.81. The average molecular weight is 381 g/mol. The van der Waals surface area contributed by atoms with Crippen LogP contribution in [0.3, 0.4) is 0 Å². The van der Waals surface area contributed by atoms with E-state index in [0.29, 0.717) is 0 Å². The van der Waals surface area contributed by atoms with Crippen LogP contribution in [0.2, 0.25) is 0 Å². The third-order valence-electron chi connectivity index (χ3n) is 3.73. The Morgan fingerprint density at radius 3 is 2.35 bits per heavy atom. The number of rotatable bonds is 6. The summed E-state index contributed by atoms with van der Waals surface area (Å²) in [6, 6.07) is -1.36. The van der Waals surface area contributed by atoms with E-state index in [-0.39, 0.29) is 0 Å². The van der Waals surface area contributed by atoms with Crippen molar-refractivity contribution in [2.45, 2.75) is 62.6 Å². The summed E-state index contributed by atoms with van der Waals surface area (Å²) in [6.07, 6.45) is -9.65. The topological polar surface area (TPSA) is 203 Å². The molecule has 0 saturated carbocycles. The van der Waals surface area contributed by atoms with Crippen LogP contribution in [-0.4, -0.2) is 97.4 Å². The Labute approximate surface area is 148 Å². The van der Waals surface area contributed by atoms with Crippen molar-refractivity contribution in [3.8, 4) is 0 Å². The van der Waals surface area contributed by atoms with Gasteiger partial charge >= 0.3 is 11.9 Å². The predicted octanol–water partition coefficient (Wildman–Crippen LogP) is -4.51. The average Bonchev–Trinajstić information content (AvgIpc) is 2.55. The molecule has 0 aliphatic carbocycles. The van der Waals surface area contributed by atoms with Crippen LogP contribution in [-0.2, 0) is 23.9 Å². The van der Waals surface area contributed by atoms with Crippen LogP contribution in [0.25, 0.3) is 0 Å². The number of esters is 2. The summed E-state index contributed by atoms with van der Waals surface area (Å²) >= 11 is 0. The number of carbonyl (C=O) groups is 3. The molecule has 0 aromatic rings. The molecular weight excluding hydrogens is 358 g/mol. The molecule has 0 spiro atoms. The Morgan fingerprint density at radius 2 is 1.88 bits per heavy atom. The molecule has 12 heteroatoms. The normalized spacial score (nSPS) is 32.2. The van der Waals surface area contributed by atoms with Crippen LogP contribution < -0.4 is 5.32 Å². The van der Waals surface area contributed by atoms with Gasteiger partial charge in [0.2, 0.25) is 5.91 Å². The largest absolute Gasteiger partial charge is 0.394 e. The van der Waals surface area contributed by atoms with Crippen LogP contribution in [0.15, 0.2) is 0 Å². The summed E-state index contributed by atoms with van der Waals surface area (Å²) in [5.41, 5.74) is 0. The van der Waals surface area contributed by atoms with Crippen molar-refractivity contribution in [2.75, 3.05) is 6.61 Å². The summed E-state index contributed by atoms with van der Waals surface area (Å²) in [5.74, 6) is -6.62. The molecule has 7 N–H and O–H groups in total. The van der Waals surface area contributed by atoms with Gasteiger partial charge in [0.1, 0.15) is 24.4 Å². The number of ether oxygens (including phenoxy) is 2. The molecule has 26 heavy (non-hydrogen) atoms. The standard InChI is InChI=1S/C14H23NO11/c1-5(17)12(22)25-13(23)14(24)3-7(19)9(15-6(2)18)11(26-14)10(21)8(20)4-16/h5,7-11,16-17,19-21,24H,3-4H2,1-2H3,(H,15,18)/t5?,7-,8+,9+,10+,11+,14?/m0/s1. The fourth-order valence-corrected chi connectivity index (χ4v) is 2.39. The van der Waals surface area contributed by atoms with Gasteiger partial charge in [0.25, 0.3) is 5.79 Å². The SMILES string of the molecule is CC(=O)N[C@H]1[C@H]([C@H](O)[C@H](O)CO)OC(O)(C(=O)OC(=O)C(C)O)C[C@@H]1O. The third-order valence-corrected chi connectivity index (χ3v) is 3.73. The summed E-state index contributed by atoms with van der Waals surface area (Å²) in [5, 5.41) is 60.4. The second-order valence-electron chi connectivity index (χ2n) is 5.99. The smallest absolute Gasteiger partial charge is 0.374 e. The molecule has 0 bridgehead atoms. The van der Waals surface area contributed by atoms with Crippen molar-refractivity contribution in [2.24, 2.45) is 0 Å². The van der Waals surface area contributed by atoms with Crippen LogP contribution in [0.5, 0.6) is 0 Å². The lowest BCUT2D eigenvalue weighted by Gasteiger charge is -2.45. The van der Waals surface area contributed by atoms with E-state index >= 15 is 0 Å². The number of hydrogen-bond acceptors (Lipinski definition) is 11. The lowest BCUT2D eigenvalue weighted by molar-refractivity contribution is -0.296. The minimum absolute atomic E-state index is 0.648. The highest BCUT2D eigenvalue weighted by Gasteiger charge is 2.55. The van der Waals surface area contributed by atoms with Crippen molar-refractivity contribution < 1.29 is 54.5 Å². The molecule has 1 rings (SSSR count). The zero-order chi connectivity index (χ0) is 20.2. The number of aliphatic hydroxyl groups excluding tert-OH is 5. The summed E-state index contributed by atoms with van der Waals surface area (Å²) < 4.78 is 9.28. The van der Waals surface area contributed by atoms with E-state index in [4.69, 9.17) is 14.9 Å². The van der Waals surface area contributed by atoms with E-state index in [1.165, 1.54) is 0 Å². The quantitative estimate of drug-likeness (QED) is 0.172. The van der Waals surface area contributed by atoms with E-state index in [2.05, 4.69) is 10.1 Å². The summed E-state index contributed by atoms with van der Waals surface area (Å²) in [7, 11) is 0. The molecule has 0 radical (unpaired) electrons. The number of amides is 1. The highest BCUT2D eigenvalue weighted by atomic mass is 16.7. The fraction of sp³-hybridized carbons (Fsp3) is 0.786. The first-order valence-corrected chi connectivity index (χ1v) is 7.69. The summed E-state index contributed by atoms with van der Waals surface area (Å²) in [4.78, 5) is 34.6.